The average Bonchev–Trinajstić information content (AvgIpc) is 2.81. The lowest BCUT2D eigenvalue weighted by molar-refractivity contribution is 0.358. The van der Waals surface area contributed by atoms with E-state index in [1.54, 1.807) is 18.6 Å². The van der Waals surface area contributed by atoms with Crippen LogP contribution in [-0.4, -0.2) is 16.6 Å². The third-order valence-corrected chi connectivity index (χ3v) is 2.75. The fourth-order valence-electron chi connectivity index (χ4n) is 1.95. The minimum Gasteiger partial charge on any atom is -0.492 e. The van der Waals surface area contributed by atoms with Gasteiger partial charge in [0.1, 0.15) is 11.6 Å². The van der Waals surface area contributed by atoms with Crippen LogP contribution in [0, 0.1) is 0 Å². The Hall–Kier alpha value is -2.10. The Bertz CT molecular complexity index is 525. The van der Waals surface area contributed by atoms with Crippen molar-refractivity contribution in [3.8, 4) is 16.9 Å². The van der Waals surface area contributed by atoms with Crippen molar-refractivity contribution in [3.05, 3.63) is 36.3 Å². The van der Waals surface area contributed by atoms with Gasteiger partial charge in [0.25, 0.3) is 0 Å². The molecule has 1 aliphatic heterocycles. The zero-order valence-corrected chi connectivity index (χ0v) is 8.68. The summed E-state index contributed by atoms with van der Waals surface area (Å²) in [4.78, 5) is 8.20. The summed E-state index contributed by atoms with van der Waals surface area (Å²) in [5.74, 6) is 1.45. The van der Waals surface area contributed by atoms with E-state index in [1.807, 2.05) is 12.1 Å². The minimum absolute atomic E-state index is 0.574. The summed E-state index contributed by atoms with van der Waals surface area (Å²) in [6, 6.07) is 3.88. The van der Waals surface area contributed by atoms with Gasteiger partial charge in [-0.3, -0.25) is 4.98 Å². The van der Waals surface area contributed by atoms with Crippen LogP contribution >= 0.6 is 0 Å². The molecule has 0 spiro atoms. The lowest BCUT2D eigenvalue weighted by Gasteiger charge is -2.08. The summed E-state index contributed by atoms with van der Waals surface area (Å²) in [7, 11) is 0. The van der Waals surface area contributed by atoms with Gasteiger partial charge in [0, 0.05) is 36.1 Å². The highest BCUT2D eigenvalue weighted by Crippen LogP contribution is 2.38. The molecule has 0 saturated carbocycles. The third kappa shape index (κ3) is 1.31. The Labute approximate surface area is 93.1 Å². The van der Waals surface area contributed by atoms with Crippen LogP contribution < -0.4 is 10.5 Å². The molecular formula is C12H11N3O. The van der Waals surface area contributed by atoms with E-state index in [-0.39, 0.29) is 0 Å². The van der Waals surface area contributed by atoms with Crippen molar-refractivity contribution >= 4 is 5.82 Å². The molecule has 0 aliphatic carbocycles. The number of pyridine rings is 2. The van der Waals surface area contributed by atoms with Crippen molar-refractivity contribution in [2.24, 2.45) is 0 Å². The Morgan fingerprint density at radius 3 is 2.88 bits per heavy atom. The monoisotopic (exact) mass is 213 g/mol. The number of hydrogen-bond donors (Lipinski definition) is 1. The quantitative estimate of drug-likeness (QED) is 0.782. The van der Waals surface area contributed by atoms with Gasteiger partial charge in [0.2, 0.25) is 0 Å². The number of nitrogens with zero attached hydrogens (tertiary/aromatic N) is 2. The van der Waals surface area contributed by atoms with Crippen molar-refractivity contribution in [2.45, 2.75) is 6.42 Å². The van der Waals surface area contributed by atoms with Crippen molar-refractivity contribution in [3.63, 3.8) is 0 Å². The van der Waals surface area contributed by atoms with Gasteiger partial charge in [-0.15, -0.1) is 0 Å². The normalized spacial score (nSPS) is 13.2. The zero-order chi connectivity index (χ0) is 11.0. The number of fused-ring (bicyclic) bond motifs is 1. The zero-order valence-electron chi connectivity index (χ0n) is 8.68. The summed E-state index contributed by atoms with van der Waals surface area (Å²) in [5, 5.41) is 0. The number of aromatic nitrogens is 2. The van der Waals surface area contributed by atoms with Crippen LogP contribution in [0.15, 0.2) is 30.7 Å². The smallest absolute Gasteiger partial charge is 0.135 e. The van der Waals surface area contributed by atoms with Crippen molar-refractivity contribution < 1.29 is 4.74 Å². The lowest BCUT2D eigenvalue weighted by Crippen LogP contribution is -1.96. The van der Waals surface area contributed by atoms with Crippen molar-refractivity contribution in [1.82, 2.24) is 9.97 Å². The van der Waals surface area contributed by atoms with E-state index in [9.17, 15) is 0 Å². The van der Waals surface area contributed by atoms with Gasteiger partial charge in [-0.2, -0.15) is 0 Å². The summed E-state index contributed by atoms with van der Waals surface area (Å²) in [6.07, 6.45) is 6.11. The first kappa shape index (κ1) is 9.15. The van der Waals surface area contributed by atoms with E-state index in [4.69, 9.17) is 10.5 Å². The van der Waals surface area contributed by atoms with Crippen LogP contribution in [0.1, 0.15) is 5.56 Å². The fourth-order valence-corrected chi connectivity index (χ4v) is 1.95. The number of rotatable bonds is 1. The van der Waals surface area contributed by atoms with Gasteiger partial charge in [-0.1, -0.05) is 0 Å². The highest BCUT2D eigenvalue weighted by molar-refractivity contribution is 5.74. The van der Waals surface area contributed by atoms with E-state index >= 15 is 0 Å². The highest BCUT2D eigenvalue weighted by atomic mass is 16.5. The molecule has 1 aliphatic rings. The molecule has 3 rings (SSSR count). The standard InChI is InChI=1S/C12H11N3O/c13-12-9-3-6-16-11(9)10(7-15-12)8-1-4-14-5-2-8/h1-2,4-5,7H,3,6H2,(H2,13,15). The van der Waals surface area contributed by atoms with Gasteiger partial charge < -0.3 is 10.5 Å². The molecule has 4 nitrogen and oxygen atoms in total. The first-order chi connectivity index (χ1) is 7.86. The number of hydrogen-bond acceptors (Lipinski definition) is 4. The lowest BCUT2D eigenvalue weighted by atomic mass is 10.1. The molecule has 2 aromatic heterocycles. The minimum atomic E-state index is 0.574. The molecule has 4 heteroatoms. The molecule has 2 N–H and O–H groups in total. The molecule has 0 aromatic carbocycles. The van der Waals surface area contributed by atoms with E-state index in [1.165, 1.54) is 0 Å². The molecule has 16 heavy (non-hydrogen) atoms. The van der Waals surface area contributed by atoms with Gasteiger partial charge in [0.15, 0.2) is 0 Å². The molecule has 80 valence electrons. The Kier molecular flexibility index (Phi) is 1.99. The number of nitrogen functional groups attached to an aromatic ring is 1. The van der Waals surface area contributed by atoms with E-state index in [0.717, 1.165) is 28.9 Å². The Balaban J connectivity index is 2.20. The largest absolute Gasteiger partial charge is 0.492 e. The second-order valence-electron chi connectivity index (χ2n) is 3.70. The SMILES string of the molecule is Nc1ncc(-c2ccncc2)c2c1CCO2. The average molecular weight is 213 g/mol. The molecule has 0 radical (unpaired) electrons. The van der Waals surface area contributed by atoms with Gasteiger partial charge in [-0.05, 0) is 17.7 Å². The molecule has 3 heterocycles. The van der Waals surface area contributed by atoms with Crippen LogP contribution in [0.3, 0.4) is 0 Å². The summed E-state index contributed by atoms with van der Waals surface area (Å²) < 4.78 is 5.62. The fraction of sp³-hybridized carbons (Fsp3) is 0.167. The number of nitrogens with two attached hydrogens (primary N) is 1. The van der Waals surface area contributed by atoms with Crippen LogP contribution in [0.2, 0.25) is 0 Å². The summed E-state index contributed by atoms with van der Waals surface area (Å²) in [5.41, 5.74) is 8.88. The maximum Gasteiger partial charge on any atom is 0.135 e. The number of anilines is 1. The predicted molar refractivity (Wildman–Crippen MR) is 61.1 cm³/mol. The topological polar surface area (TPSA) is 61.0 Å². The van der Waals surface area contributed by atoms with Crippen molar-refractivity contribution in [1.29, 1.82) is 0 Å². The van der Waals surface area contributed by atoms with Crippen molar-refractivity contribution in [2.75, 3.05) is 12.3 Å². The van der Waals surface area contributed by atoms with E-state index in [2.05, 4.69) is 9.97 Å². The third-order valence-electron chi connectivity index (χ3n) is 2.75. The Morgan fingerprint density at radius 2 is 2.06 bits per heavy atom. The van der Waals surface area contributed by atoms with Crippen LogP contribution in [0.5, 0.6) is 5.75 Å². The van der Waals surface area contributed by atoms with Gasteiger partial charge >= 0.3 is 0 Å². The molecular weight excluding hydrogens is 202 g/mol. The first-order valence-electron chi connectivity index (χ1n) is 5.17. The highest BCUT2D eigenvalue weighted by Gasteiger charge is 2.20. The maximum atomic E-state index is 5.82. The van der Waals surface area contributed by atoms with E-state index < -0.39 is 0 Å². The van der Waals surface area contributed by atoms with E-state index in [0.29, 0.717) is 12.4 Å². The first-order valence-corrected chi connectivity index (χ1v) is 5.17. The molecule has 2 aromatic rings. The molecule has 0 amide bonds. The molecule has 0 atom stereocenters. The molecule has 0 bridgehead atoms. The predicted octanol–water partition coefficient (Wildman–Crippen LogP) is 1.66. The van der Waals surface area contributed by atoms with Crippen LogP contribution in [0.25, 0.3) is 11.1 Å². The molecule has 0 saturated heterocycles. The summed E-state index contributed by atoms with van der Waals surface area (Å²) >= 11 is 0. The van der Waals surface area contributed by atoms with Crippen LogP contribution in [-0.2, 0) is 6.42 Å². The second kappa shape index (κ2) is 3.48. The number of ether oxygens (including phenoxy) is 1. The summed E-state index contributed by atoms with van der Waals surface area (Å²) in [6.45, 7) is 0.684. The molecule has 0 fully saturated rings. The van der Waals surface area contributed by atoms with Gasteiger partial charge in [0.05, 0.1) is 6.61 Å². The Morgan fingerprint density at radius 1 is 1.25 bits per heavy atom. The van der Waals surface area contributed by atoms with Crippen LogP contribution in [0.4, 0.5) is 5.82 Å². The maximum absolute atomic E-state index is 5.82. The molecule has 0 unspecified atom stereocenters. The van der Waals surface area contributed by atoms with Gasteiger partial charge in [-0.25, -0.2) is 4.98 Å². The second-order valence-corrected chi connectivity index (χ2v) is 3.70.